The minimum absolute atomic E-state index is 0.201. The van der Waals surface area contributed by atoms with Crippen LogP contribution in [0.1, 0.15) is 40.0 Å². The second-order valence-corrected chi connectivity index (χ2v) is 6.08. The average Bonchev–Trinajstić information content (AvgIpc) is 2.68. The van der Waals surface area contributed by atoms with Crippen LogP contribution < -0.4 is 0 Å². The van der Waals surface area contributed by atoms with Crippen molar-refractivity contribution in [3.8, 4) is 0 Å². The minimum atomic E-state index is -0.201. The number of nitrogens with zero attached hydrogens (tertiary/aromatic N) is 2. The molecule has 102 valence electrons. The standard InChI is InChI=1S/C14H30N2O/c1-12(2)9-13(3)15(4)10-14(17)11-16-7-5-6-8-16/h12-14,17H,5-11H2,1-4H3/t13-,14-/m0/s1. The van der Waals surface area contributed by atoms with E-state index in [4.69, 9.17) is 0 Å². The Kier molecular flexibility index (Phi) is 6.45. The molecule has 3 nitrogen and oxygen atoms in total. The Hall–Kier alpha value is -0.120. The van der Waals surface area contributed by atoms with Crippen molar-refractivity contribution in [2.75, 3.05) is 33.2 Å². The van der Waals surface area contributed by atoms with Crippen molar-refractivity contribution in [3.05, 3.63) is 0 Å². The molecule has 0 unspecified atom stereocenters. The van der Waals surface area contributed by atoms with Crippen molar-refractivity contribution in [2.45, 2.75) is 52.2 Å². The molecule has 0 radical (unpaired) electrons. The lowest BCUT2D eigenvalue weighted by Crippen LogP contribution is -2.41. The Bertz CT molecular complexity index is 202. The maximum Gasteiger partial charge on any atom is 0.0793 e. The smallest absolute Gasteiger partial charge is 0.0793 e. The van der Waals surface area contributed by atoms with Gasteiger partial charge in [0.15, 0.2) is 0 Å². The van der Waals surface area contributed by atoms with Crippen LogP contribution in [0.2, 0.25) is 0 Å². The van der Waals surface area contributed by atoms with Crippen molar-refractivity contribution in [1.82, 2.24) is 9.80 Å². The topological polar surface area (TPSA) is 26.7 Å². The third-order valence-electron chi connectivity index (χ3n) is 3.73. The molecule has 0 aromatic rings. The molecule has 0 spiro atoms. The molecule has 1 aliphatic heterocycles. The highest BCUT2D eigenvalue weighted by Gasteiger charge is 2.19. The van der Waals surface area contributed by atoms with E-state index in [0.717, 1.165) is 19.0 Å². The number of β-amino-alcohol motifs (C(OH)–C–C–N with tert-alkyl or cyclic N) is 1. The zero-order chi connectivity index (χ0) is 12.8. The highest BCUT2D eigenvalue weighted by molar-refractivity contribution is 4.74. The summed E-state index contributed by atoms with van der Waals surface area (Å²) in [6, 6.07) is 0.559. The molecule has 1 N–H and O–H groups in total. The lowest BCUT2D eigenvalue weighted by atomic mass is 10.0. The van der Waals surface area contributed by atoms with E-state index in [2.05, 4.69) is 37.6 Å². The van der Waals surface area contributed by atoms with E-state index in [1.54, 1.807) is 0 Å². The highest BCUT2D eigenvalue weighted by atomic mass is 16.3. The summed E-state index contributed by atoms with van der Waals surface area (Å²) in [4.78, 5) is 4.67. The summed E-state index contributed by atoms with van der Waals surface area (Å²) >= 11 is 0. The summed E-state index contributed by atoms with van der Waals surface area (Å²) in [5, 5.41) is 10.1. The molecular weight excluding hydrogens is 212 g/mol. The number of likely N-dealkylation sites (tertiary alicyclic amines) is 1. The van der Waals surface area contributed by atoms with Gasteiger partial charge in [-0.25, -0.2) is 0 Å². The Balaban J connectivity index is 2.21. The molecule has 0 amide bonds. The monoisotopic (exact) mass is 242 g/mol. The van der Waals surface area contributed by atoms with Gasteiger partial charge in [0.25, 0.3) is 0 Å². The van der Waals surface area contributed by atoms with E-state index in [9.17, 15) is 5.11 Å². The van der Waals surface area contributed by atoms with Gasteiger partial charge in [-0.2, -0.15) is 0 Å². The third kappa shape index (κ3) is 5.84. The van der Waals surface area contributed by atoms with Gasteiger partial charge in [0.1, 0.15) is 0 Å². The number of aliphatic hydroxyl groups is 1. The second kappa shape index (κ2) is 7.34. The first kappa shape index (κ1) is 14.9. The molecule has 2 atom stereocenters. The molecule has 0 aliphatic carbocycles. The van der Waals surface area contributed by atoms with Crippen LogP contribution in [0.4, 0.5) is 0 Å². The van der Waals surface area contributed by atoms with Crippen LogP contribution >= 0.6 is 0 Å². The second-order valence-electron chi connectivity index (χ2n) is 6.08. The minimum Gasteiger partial charge on any atom is -0.390 e. The number of hydrogen-bond acceptors (Lipinski definition) is 3. The zero-order valence-corrected chi connectivity index (χ0v) is 12.0. The van der Waals surface area contributed by atoms with Crippen LogP contribution in [0, 0.1) is 5.92 Å². The van der Waals surface area contributed by atoms with Gasteiger partial charge in [-0.05, 0) is 52.2 Å². The summed E-state index contributed by atoms with van der Waals surface area (Å²) in [6.45, 7) is 10.7. The molecule has 1 rings (SSSR count). The quantitative estimate of drug-likeness (QED) is 0.737. The van der Waals surface area contributed by atoms with Gasteiger partial charge in [-0.3, -0.25) is 0 Å². The van der Waals surface area contributed by atoms with Gasteiger partial charge in [0.2, 0.25) is 0 Å². The van der Waals surface area contributed by atoms with E-state index >= 15 is 0 Å². The highest BCUT2D eigenvalue weighted by Crippen LogP contribution is 2.11. The molecule has 17 heavy (non-hydrogen) atoms. The number of likely N-dealkylation sites (N-methyl/N-ethyl adjacent to an activating group) is 1. The fourth-order valence-corrected chi connectivity index (χ4v) is 2.70. The Labute approximate surface area is 107 Å². The SMILES string of the molecule is CC(C)C[C@H](C)N(C)C[C@H](O)CN1CCCC1. The first-order valence-electron chi connectivity index (χ1n) is 7.09. The van der Waals surface area contributed by atoms with Crippen molar-refractivity contribution in [1.29, 1.82) is 0 Å². The summed E-state index contributed by atoms with van der Waals surface area (Å²) in [7, 11) is 2.13. The van der Waals surface area contributed by atoms with Crippen LogP contribution in [0.3, 0.4) is 0 Å². The summed E-state index contributed by atoms with van der Waals surface area (Å²) in [6.07, 6.45) is 3.60. The summed E-state index contributed by atoms with van der Waals surface area (Å²) in [5.41, 5.74) is 0. The van der Waals surface area contributed by atoms with Crippen LogP contribution in [0.15, 0.2) is 0 Å². The predicted octanol–water partition coefficient (Wildman–Crippen LogP) is 1.81. The first-order chi connectivity index (χ1) is 7.99. The van der Waals surface area contributed by atoms with Crippen molar-refractivity contribution in [3.63, 3.8) is 0 Å². The van der Waals surface area contributed by atoms with E-state index < -0.39 is 0 Å². The van der Waals surface area contributed by atoms with Gasteiger partial charge in [-0.1, -0.05) is 13.8 Å². The van der Waals surface area contributed by atoms with Crippen molar-refractivity contribution in [2.24, 2.45) is 5.92 Å². The molecule has 0 bridgehead atoms. The van der Waals surface area contributed by atoms with Crippen LogP contribution in [0.5, 0.6) is 0 Å². The average molecular weight is 242 g/mol. The Morgan fingerprint density at radius 3 is 2.29 bits per heavy atom. The number of aliphatic hydroxyl groups excluding tert-OH is 1. The Morgan fingerprint density at radius 2 is 1.76 bits per heavy atom. The van der Waals surface area contributed by atoms with Gasteiger partial charge in [0.05, 0.1) is 6.10 Å². The maximum absolute atomic E-state index is 10.1. The van der Waals surface area contributed by atoms with E-state index in [0.29, 0.717) is 6.04 Å². The fourth-order valence-electron chi connectivity index (χ4n) is 2.70. The normalized spacial score (nSPS) is 21.4. The van der Waals surface area contributed by atoms with Gasteiger partial charge in [-0.15, -0.1) is 0 Å². The Morgan fingerprint density at radius 1 is 1.18 bits per heavy atom. The number of rotatable bonds is 7. The molecule has 0 saturated carbocycles. The van der Waals surface area contributed by atoms with E-state index in [1.165, 1.54) is 32.4 Å². The van der Waals surface area contributed by atoms with Gasteiger partial charge < -0.3 is 14.9 Å². The molecule has 1 fully saturated rings. The lowest BCUT2D eigenvalue weighted by Gasteiger charge is -2.29. The zero-order valence-electron chi connectivity index (χ0n) is 12.0. The summed E-state index contributed by atoms with van der Waals surface area (Å²) in [5.74, 6) is 0.725. The molecule has 0 aromatic heterocycles. The molecule has 3 heteroatoms. The third-order valence-corrected chi connectivity index (χ3v) is 3.73. The number of hydrogen-bond donors (Lipinski definition) is 1. The molecule has 1 aliphatic rings. The predicted molar refractivity (Wildman–Crippen MR) is 73.2 cm³/mol. The van der Waals surface area contributed by atoms with Crippen molar-refractivity contribution < 1.29 is 5.11 Å². The lowest BCUT2D eigenvalue weighted by molar-refractivity contribution is 0.0744. The van der Waals surface area contributed by atoms with Crippen LogP contribution in [-0.2, 0) is 0 Å². The maximum atomic E-state index is 10.1. The van der Waals surface area contributed by atoms with E-state index in [1.807, 2.05) is 0 Å². The van der Waals surface area contributed by atoms with E-state index in [-0.39, 0.29) is 6.10 Å². The molecule has 1 heterocycles. The first-order valence-corrected chi connectivity index (χ1v) is 7.09. The molecular formula is C14H30N2O. The van der Waals surface area contributed by atoms with Gasteiger partial charge in [0, 0.05) is 19.1 Å². The van der Waals surface area contributed by atoms with Crippen LogP contribution in [-0.4, -0.2) is 60.3 Å². The molecule has 1 saturated heterocycles. The fraction of sp³-hybridized carbons (Fsp3) is 1.00. The largest absolute Gasteiger partial charge is 0.390 e. The van der Waals surface area contributed by atoms with Crippen molar-refractivity contribution >= 4 is 0 Å². The summed E-state index contributed by atoms with van der Waals surface area (Å²) < 4.78 is 0. The molecule has 0 aromatic carbocycles. The van der Waals surface area contributed by atoms with Gasteiger partial charge >= 0.3 is 0 Å². The van der Waals surface area contributed by atoms with Crippen LogP contribution in [0.25, 0.3) is 0 Å².